The van der Waals surface area contributed by atoms with Crippen LogP contribution in [0, 0.1) is 6.92 Å². The minimum Gasteiger partial charge on any atom is -0.492 e. The molecule has 3 nitrogen and oxygen atoms in total. The van der Waals surface area contributed by atoms with Crippen LogP contribution in [0.2, 0.25) is 5.02 Å². The zero-order chi connectivity index (χ0) is 14.8. The van der Waals surface area contributed by atoms with Crippen molar-refractivity contribution in [3.05, 3.63) is 65.3 Å². The Hall–Kier alpha value is -1.91. The van der Waals surface area contributed by atoms with E-state index in [0.717, 1.165) is 21.2 Å². The number of aromatic hydroxyl groups is 1. The number of aryl methyl sites for hydroxylation is 1. The molecule has 0 saturated heterocycles. The fourth-order valence-corrected chi connectivity index (χ4v) is 2.99. The molecule has 0 aliphatic rings. The summed E-state index contributed by atoms with van der Waals surface area (Å²) < 4.78 is 1.55. The van der Waals surface area contributed by atoms with Gasteiger partial charge < -0.3 is 5.11 Å². The summed E-state index contributed by atoms with van der Waals surface area (Å²) in [4.78, 5) is 1.76. The minimum absolute atomic E-state index is 0.152. The second-order valence-electron chi connectivity index (χ2n) is 4.54. The third-order valence-corrected chi connectivity index (χ3v) is 4.46. The van der Waals surface area contributed by atoms with Crippen LogP contribution in [0.5, 0.6) is 5.88 Å². The van der Waals surface area contributed by atoms with Gasteiger partial charge in [0.1, 0.15) is 0 Å². The van der Waals surface area contributed by atoms with Crippen LogP contribution in [-0.2, 0) is 0 Å². The molecule has 2 aromatic carbocycles. The maximum absolute atomic E-state index is 10.4. The summed E-state index contributed by atoms with van der Waals surface area (Å²) >= 11 is 7.36. The summed E-state index contributed by atoms with van der Waals surface area (Å²) in [5.41, 5.74) is 1.62. The monoisotopic (exact) mass is 316 g/mol. The van der Waals surface area contributed by atoms with Gasteiger partial charge in [-0.15, -0.1) is 0 Å². The maximum atomic E-state index is 10.4. The molecule has 0 radical (unpaired) electrons. The van der Waals surface area contributed by atoms with E-state index in [0.29, 0.717) is 5.02 Å². The molecule has 0 amide bonds. The van der Waals surface area contributed by atoms with Crippen molar-refractivity contribution in [1.29, 1.82) is 0 Å². The Morgan fingerprint density at radius 2 is 1.71 bits per heavy atom. The molecule has 3 aromatic rings. The molecule has 3 rings (SSSR count). The van der Waals surface area contributed by atoms with Gasteiger partial charge in [0.05, 0.1) is 16.3 Å². The Bertz CT molecular complexity index is 754. The molecule has 5 heteroatoms. The molecule has 0 spiro atoms. The summed E-state index contributed by atoms with van der Waals surface area (Å²) in [5, 5.41) is 15.5. The Morgan fingerprint density at radius 1 is 1.05 bits per heavy atom. The van der Waals surface area contributed by atoms with E-state index in [-0.39, 0.29) is 5.88 Å². The van der Waals surface area contributed by atoms with Crippen molar-refractivity contribution in [1.82, 2.24) is 9.78 Å². The largest absolute Gasteiger partial charge is 0.492 e. The zero-order valence-electron chi connectivity index (χ0n) is 11.3. The fraction of sp³-hybridized carbons (Fsp3) is 0.0625. The smallest absolute Gasteiger partial charge is 0.228 e. The summed E-state index contributed by atoms with van der Waals surface area (Å²) in [7, 11) is 0. The van der Waals surface area contributed by atoms with Gasteiger partial charge in [-0.3, -0.25) is 0 Å². The van der Waals surface area contributed by atoms with Gasteiger partial charge in [0, 0.05) is 9.92 Å². The topological polar surface area (TPSA) is 38.0 Å². The van der Waals surface area contributed by atoms with E-state index < -0.39 is 0 Å². The lowest BCUT2D eigenvalue weighted by Gasteiger charge is -2.04. The number of halogens is 1. The lowest BCUT2D eigenvalue weighted by atomic mass is 10.3. The molecule has 0 bridgehead atoms. The number of para-hydroxylation sites is 1. The number of benzene rings is 2. The molecule has 1 aromatic heterocycles. The van der Waals surface area contributed by atoms with Gasteiger partial charge in [-0.05, 0) is 43.3 Å². The molecule has 0 atom stereocenters. The van der Waals surface area contributed by atoms with Gasteiger partial charge >= 0.3 is 0 Å². The first-order valence-corrected chi connectivity index (χ1v) is 7.62. The molecule has 21 heavy (non-hydrogen) atoms. The third kappa shape index (κ3) is 2.91. The van der Waals surface area contributed by atoms with E-state index in [4.69, 9.17) is 11.6 Å². The Balaban J connectivity index is 1.97. The average Bonchev–Trinajstić information content (AvgIpc) is 2.78. The Kier molecular flexibility index (Phi) is 3.90. The van der Waals surface area contributed by atoms with E-state index in [1.807, 2.05) is 61.5 Å². The van der Waals surface area contributed by atoms with Gasteiger partial charge in [-0.25, -0.2) is 0 Å². The lowest BCUT2D eigenvalue weighted by molar-refractivity contribution is 0.423. The number of hydrogen-bond donors (Lipinski definition) is 1. The van der Waals surface area contributed by atoms with Crippen LogP contribution in [0.3, 0.4) is 0 Å². The van der Waals surface area contributed by atoms with Crippen molar-refractivity contribution in [2.75, 3.05) is 0 Å². The minimum atomic E-state index is 0.152. The molecule has 0 fully saturated rings. The van der Waals surface area contributed by atoms with Gasteiger partial charge in [-0.2, -0.15) is 9.78 Å². The normalized spacial score (nSPS) is 10.8. The van der Waals surface area contributed by atoms with Gasteiger partial charge in [0.15, 0.2) is 0 Å². The fourth-order valence-electron chi connectivity index (χ4n) is 1.99. The van der Waals surface area contributed by atoms with Gasteiger partial charge in [-0.1, -0.05) is 41.6 Å². The zero-order valence-corrected chi connectivity index (χ0v) is 12.9. The molecule has 1 N–H and O–H groups in total. The van der Waals surface area contributed by atoms with E-state index in [2.05, 4.69) is 5.10 Å². The quantitative estimate of drug-likeness (QED) is 0.761. The molecule has 106 valence electrons. The van der Waals surface area contributed by atoms with Crippen molar-refractivity contribution in [2.24, 2.45) is 0 Å². The van der Waals surface area contributed by atoms with Crippen molar-refractivity contribution in [3.63, 3.8) is 0 Å². The average molecular weight is 317 g/mol. The van der Waals surface area contributed by atoms with Crippen LogP contribution in [0.25, 0.3) is 5.69 Å². The van der Waals surface area contributed by atoms with Crippen LogP contribution >= 0.6 is 23.4 Å². The highest BCUT2D eigenvalue weighted by atomic mass is 35.5. The van der Waals surface area contributed by atoms with E-state index in [9.17, 15) is 5.11 Å². The standard InChI is InChI=1S/C16H13ClN2OS/c1-11-15(21-14-9-7-12(17)8-10-14)16(20)19(18-11)13-5-3-2-4-6-13/h2-10,20H,1H3. The van der Waals surface area contributed by atoms with Crippen molar-refractivity contribution < 1.29 is 5.11 Å². The molecular formula is C16H13ClN2OS. The van der Waals surface area contributed by atoms with Crippen LogP contribution < -0.4 is 0 Å². The number of aromatic nitrogens is 2. The first kappa shape index (κ1) is 14.0. The summed E-state index contributed by atoms with van der Waals surface area (Å²) in [6.07, 6.45) is 0. The second-order valence-corrected chi connectivity index (χ2v) is 6.06. The second kappa shape index (κ2) is 5.84. The molecule has 0 aliphatic heterocycles. The first-order valence-electron chi connectivity index (χ1n) is 6.42. The molecular weight excluding hydrogens is 304 g/mol. The Labute approximate surface area is 132 Å². The van der Waals surface area contributed by atoms with Gasteiger partial charge in [0.2, 0.25) is 5.88 Å². The highest BCUT2D eigenvalue weighted by molar-refractivity contribution is 7.99. The highest BCUT2D eigenvalue weighted by Gasteiger charge is 2.16. The van der Waals surface area contributed by atoms with E-state index in [1.54, 1.807) is 4.68 Å². The summed E-state index contributed by atoms with van der Waals surface area (Å²) in [5.74, 6) is 0.152. The molecule has 0 aliphatic carbocycles. The van der Waals surface area contributed by atoms with Crippen molar-refractivity contribution in [2.45, 2.75) is 16.7 Å². The third-order valence-electron chi connectivity index (χ3n) is 3.02. The number of nitrogens with zero attached hydrogens (tertiary/aromatic N) is 2. The maximum Gasteiger partial charge on any atom is 0.228 e. The first-order chi connectivity index (χ1) is 10.1. The number of hydrogen-bond acceptors (Lipinski definition) is 3. The number of rotatable bonds is 3. The predicted molar refractivity (Wildman–Crippen MR) is 85.5 cm³/mol. The van der Waals surface area contributed by atoms with Crippen molar-refractivity contribution >= 4 is 23.4 Å². The molecule has 0 unspecified atom stereocenters. The van der Waals surface area contributed by atoms with E-state index >= 15 is 0 Å². The Morgan fingerprint density at radius 3 is 2.38 bits per heavy atom. The van der Waals surface area contributed by atoms with Gasteiger partial charge in [0.25, 0.3) is 0 Å². The van der Waals surface area contributed by atoms with Crippen LogP contribution in [0.4, 0.5) is 0 Å². The van der Waals surface area contributed by atoms with Crippen molar-refractivity contribution in [3.8, 4) is 11.6 Å². The molecule has 0 saturated carbocycles. The SMILES string of the molecule is Cc1nn(-c2ccccc2)c(O)c1Sc1ccc(Cl)cc1. The predicted octanol–water partition coefficient (Wildman–Crippen LogP) is 4.69. The summed E-state index contributed by atoms with van der Waals surface area (Å²) in [6, 6.07) is 17.1. The van der Waals surface area contributed by atoms with Crippen LogP contribution in [0.15, 0.2) is 64.4 Å². The molecule has 1 heterocycles. The lowest BCUT2D eigenvalue weighted by Crippen LogP contribution is -1.95. The van der Waals surface area contributed by atoms with Crippen LogP contribution in [-0.4, -0.2) is 14.9 Å². The highest BCUT2D eigenvalue weighted by Crippen LogP contribution is 2.38. The van der Waals surface area contributed by atoms with E-state index in [1.165, 1.54) is 11.8 Å². The van der Waals surface area contributed by atoms with Crippen LogP contribution in [0.1, 0.15) is 5.69 Å². The summed E-state index contributed by atoms with van der Waals surface area (Å²) in [6.45, 7) is 1.89.